The number of piperidine rings is 1. The van der Waals surface area contributed by atoms with Gasteiger partial charge in [-0.3, -0.25) is 4.79 Å². The first-order valence-corrected chi connectivity index (χ1v) is 9.00. The van der Waals surface area contributed by atoms with Crippen molar-refractivity contribution >= 4 is 30.7 Å². The molecule has 0 aromatic heterocycles. The van der Waals surface area contributed by atoms with Crippen LogP contribution < -0.4 is 5.73 Å². The fourth-order valence-corrected chi connectivity index (χ4v) is 3.65. The summed E-state index contributed by atoms with van der Waals surface area (Å²) in [5, 5.41) is 0. The van der Waals surface area contributed by atoms with Crippen LogP contribution >= 0.6 is 24.8 Å². The highest BCUT2D eigenvalue weighted by Gasteiger charge is 2.27. The maximum absolute atomic E-state index is 12.2. The lowest BCUT2D eigenvalue weighted by Crippen LogP contribution is -2.36. The molecule has 0 aromatic rings. The van der Waals surface area contributed by atoms with Crippen molar-refractivity contribution in [2.75, 3.05) is 39.3 Å². The third-order valence-corrected chi connectivity index (χ3v) is 4.95. The number of likely N-dealkylation sites (tertiary alicyclic amines) is 2. The smallest absolute Gasteiger partial charge is 0.222 e. The van der Waals surface area contributed by atoms with Gasteiger partial charge in [0.25, 0.3) is 0 Å². The summed E-state index contributed by atoms with van der Waals surface area (Å²) >= 11 is 0. The van der Waals surface area contributed by atoms with E-state index in [1.807, 2.05) is 0 Å². The molecule has 2 rings (SSSR count). The third-order valence-electron chi connectivity index (χ3n) is 4.95. The van der Waals surface area contributed by atoms with Crippen LogP contribution in [0, 0.1) is 5.92 Å². The Bertz CT molecular complexity index is 312. The first-order valence-electron chi connectivity index (χ1n) is 9.00. The number of nitrogens with zero attached hydrogens (tertiary/aromatic N) is 2. The molecular weight excluding hydrogens is 333 g/mol. The van der Waals surface area contributed by atoms with E-state index < -0.39 is 0 Å². The third kappa shape index (κ3) is 8.57. The first-order chi connectivity index (χ1) is 10.3. The van der Waals surface area contributed by atoms with Gasteiger partial charge in [0.1, 0.15) is 0 Å². The standard InChI is InChI=1S/C17H33N3O.2ClH/c18-10-5-2-1-4-8-17(21)20-13-9-16(15-20)14-19-11-6-3-7-12-19;;/h16H,1-15,18H2;2*1H. The fourth-order valence-electron chi connectivity index (χ4n) is 3.65. The van der Waals surface area contributed by atoms with Crippen LogP contribution in [-0.2, 0) is 4.79 Å². The van der Waals surface area contributed by atoms with E-state index in [4.69, 9.17) is 5.73 Å². The fraction of sp³-hybridized carbons (Fsp3) is 0.941. The Hall–Kier alpha value is -0.0300. The molecule has 23 heavy (non-hydrogen) atoms. The van der Waals surface area contributed by atoms with Gasteiger partial charge in [-0.25, -0.2) is 0 Å². The lowest BCUT2D eigenvalue weighted by molar-refractivity contribution is -0.130. The van der Waals surface area contributed by atoms with Gasteiger partial charge in [0.2, 0.25) is 5.91 Å². The molecule has 0 bridgehead atoms. The number of rotatable bonds is 8. The van der Waals surface area contributed by atoms with Crippen LogP contribution in [-0.4, -0.2) is 55.0 Å². The van der Waals surface area contributed by atoms with Gasteiger partial charge in [-0.15, -0.1) is 24.8 Å². The van der Waals surface area contributed by atoms with Crippen molar-refractivity contribution in [3.63, 3.8) is 0 Å². The molecule has 4 nitrogen and oxygen atoms in total. The van der Waals surface area contributed by atoms with Crippen molar-refractivity contribution < 1.29 is 4.79 Å². The number of carbonyl (C=O) groups excluding carboxylic acids is 1. The molecule has 1 atom stereocenters. The summed E-state index contributed by atoms with van der Waals surface area (Å²) in [4.78, 5) is 16.9. The Morgan fingerprint density at radius 2 is 1.65 bits per heavy atom. The Kier molecular flexibility index (Phi) is 13.3. The monoisotopic (exact) mass is 367 g/mol. The van der Waals surface area contributed by atoms with Crippen molar-refractivity contribution in [2.45, 2.75) is 57.8 Å². The van der Waals surface area contributed by atoms with Crippen molar-refractivity contribution in [3.8, 4) is 0 Å². The zero-order chi connectivity index (χ0) is 14.9. The normalized spacial score (nSPS) is 21.6. The zero-order valence-electron chi connectivity index (χ0n) is 14.4. The molecule has 138 valence electrons. The number of unbranched alkanes of at least 4 members (excludes halogenated alkanes) is 3. The molecule has 0 spiro atoms. The molecule has 0 radical (unpaired) electrons. The number of halogens is 2. The van der Waals surface area contributed by atoms with E-state index in [9.17, 15) is 4.79 Å². The van der Waals surface area contributed by atoms with Gasteiger partial charge in [0.05, 0.1) is 0 Å². The van der Waals surface area contributed by atoms with E-state index in [2.05, 4.69) is 9.80 Å². The maximum Gasteiger partial charge on any atom is 0.222 e. The van der Waals surface area contributed by atoms with Crippen LogP contribution in [0.15, 0.2) is 0 Å². The lowest BCUT2D eigenvalue weighted by Gasteiger charge is -2.29. The molecule has 2 heterocycles. The highest BCUT2D eigenvalue weighted by atomic mass is 35.5. The Balaban J connectivity index is 0.00000242. The number of nitrogens with two attached hydrogens (primary N) is 1. The van der Waals surface area contributed by atoms with E-state index in [0.717, 1.165) is 45.3 Å². The van der Waals surface area contributed by atoms with Gasteiger partial charge >= 0.3 is 0 Å². The van der Waals surface area contributed by atoms with Crippen LogP contribution in [0.25, 0.3) is 0 Å². The summed E-state index contributed by atoms with van der Waals surface area (Å²) < 4.78 is 0. The highest BCUT2D eigenvalue weighted by molar-refractivity contribution is 5.85. The summed E-state index contributed by atoms with van der Waals surface area (Å²) in [5.41, 5.74) is 5.48. The molecule has 1 unspecified atom stereocenters. The molecule has 0 aromatic carbocycles. The SMILES string of the molecule is Cl.Cl.NCCCCCCC(=O)N1CCC(CN2CCCCC2)C1. The van der Waals surface area contributed by atoms with Gasteiger partial charge < -0.3 is 15.5 Å². The van der Waals surface area contributed by atoms with Gasteiger partial charge in [-0.05, 0) is 57.7 Å². The largest absolute Gasteiger partial charge is 0.342 e. The van der Waals surface area contributed by atoms with E-state index in [1.165, 1.54) is 51.7 Å². The summed E-state index contributed by atoms with van der Waals surface area (Å²) in [7, 11) is 0. The number of hydrogen-bond donors (Lipinski definition) is 1. The average molecular weight is 368 g/mol. The molecule has 1 amide bonds. The molecule has 2 fully saturated rings. The summed E-state index contributed by atoms with van der Waals surface area (Å²) in [6.45, 7) is 6.51. The molecule has 6 heteroatoms. The first kappa shape index (κ1) is 23.0. The molecular formula is C17H35Cl2N3O. The van der Waals surface area contributed by atoms with Crippen LogP contribution in [0.1, 0.15) is 57.8 Å². The van der Waals surface area contributed by atoms with Crippen LogP contribution in [0.3, 0.4) is 0 Å². The predicted octanol–water partition coefficient (Wildman–Crippen LogP) is 3.07. The average Bonchev–Trinajstić information content (AvgIpc) is 2.96. The van der Waals surface area contributed by atoms with Crippen molar-refractivity contribution in [2.24, 2.45) is 11.7 Å². The molecule has 0 saturated carbocycles. The van der Waals surface area contributed by atoms with Gasteiger partial charge in [0, 0.05) is 26.1 Å². The minimum absolute atomic E-state index is 0. The van der Waals surface area contributed by atoms with E-state index in [0.29, 0.717) is 11.8 Å². The number of hydrogen-bond acceptors (Lipinski definition) is 3. The number of amides is 1. The maximum atomic E-state index is 12.2. The molecule has 2 N–H and O–H groups in total. The van der Waals surface area contributed by atoms with Gasteiger partial charge in [-0.1, -0.05) is 19.3 Å². The molecule has 2 aliphatic heterocycles. The lowest BCUT2D eigenvalue weighted by atomic mass is 10.1. The van der Waals surface area contributed by atoms with E-state index >= 15 is 0 Å². The Morgan fingerprint density at radius 3 is 2.35 bits per heavy atom. The second-order valence-electron chi connectivity index (χ2n) is 6.81. The molecule has 2 saturated heterocycles. The predicted molar refractivity (Wildman–Crippen MR) is 102 cm³/mol. The van der Waals surface area contributed by atoms with Crippen LogP contribution in [0.5, 0.6) is 0 Å². The summed E-state index contributed by atoms with van der Waals surface area (Å²) in [5.74, 6) is 1.09. The minimum Gasteiger partial charge on any atom is -0.342 e. The van der Waals surface area contributed by atoms with Gasteiger partial charge in [-0.2, -0.15) is 0 Å². The Labute approximate surface area is 154 Å². The second kappa shape index (κ2) is 13.3. The quantitative estimate of drug-likeness (QED) is 0.670. The van der Waals surface area contributed by atoms with Gasteiger partial charge in [0.15, 0.2) is 0 Å². The summed E-state index contributed by atoms with van der Waals surface area (Å²) in [6.07, 6.45) is 10.5. The molecule has 0 aliphatic carbocycles. The summed E-state index contributed by atoms with van der Waals surface area (Å²) in [6, 6.07) is 0. The minimum atomic E-state index is 0. The topological polar surface area (TPSA) is 49.6 Å². The number of carbonyl (C=O) groups is 1. The van der Waals surface area contributed by atoms with E-state index in [1.54, 1.807) is 0 Å². The van der Waals surface area contributed by atoms with Crippen molar-refractivity contribution in [3.05, 3.63) is 0 Å². The van der Waals surface area contributed by atoms with E-state index in [-0.39, 0.29) is 24.8 Å². The zero-order valence-corrected chi connectivity index (χ0v) is 16.0. The Morgan fingerprint density at radius 1 is 0.957 bits per heavy atom. The van der Waals surface area contributed by atoms with Crippen LogP contribution in [0.4, 0.5) is 0 Å². The van der Waals surface area contributed by atoms with Crippen molar-refractivity contribution in [1.29, 1.82) is 0 Å². The van der Waals surface area contributed by atoms with Crippen LogP contribution in [0.2, 0.25) is 0 Å². The second-order valence-corrected chi connectivity index (χ2v) is 6.81. The highest BCUT2D eigenvalue weighted by Crippen LogP contribution is 2.21. The molecule has 2 aliphatic rings. The van der Waals surface area contributed by atoms with Crippen molar-refractivity contribution in [1.82, 2.24) is 9.80 Å².